The van der Waals surface area contributed by atoms with Crippen molar-refractivity contribution in [2.45, 2.75) is 88.8 Å². The maximum Gasteiger partial charge on any atom is 0.319 e. The lowest BCUT2D eigenvalue weighted by atomic mass is 9.46. The van der Waals surface area contributed by atoms with Gasteiger partial charge in [0, 0.05) is 23.7 Å². The Balaban J connectivity index is 1.63. The van der Waals surface area contributed by atoms with Gasteiger partial charge in [-0.1, -0.05) is 13.8 Å². The Bertz CT molecular complexity index is 886. The smallest absolute Gasteiger partial charge is 0.319 e. The zero-order chi connectivity index (χ0) is 24.3. The lowest BCUT2D eigenvalue weighted by molar-refractivity contribution is -0.155. The molecule has 4 aliphatic rings. The molecule has 8 heteroatoms. The predicted molar refractivity (Wildman–Crippen MR) is 123 cm³/mol. The quantitative estimate of drug-likeness (QED) is 0.351. The van der Waals surface area contributed by atoms with E-state index >= 15 is 0 Å². The van der Waals surface area contributed by atoms with Gasteiger partial charge < -0.3 is 20.1 Å². The Kier molecular flexibility index (Phi) is 6.39. The average molecular weight is 481 g/mol. The van der Waals surface area contributed by atoms with Crippen LogP contribution in [0.4, 0.5) is 0 Å². The molecule has 0 spiro atoms. The van der Waals surface area contributed by atoms with Crippen LogP contribution in [-0.2, 0) is 19.1 Å². The number of aliphatic hydroxyl groups excluding tert-OH is 2. The highest BCUT2D eigenvalue weighted by Gasteiger charge is 2.67. The number of rotatable bonds is 5. The van der Waals surface area contributed by atoms with E-state index in [1.807, 2.05) is 13.8 Å². The van der Waals surface area contributed by atoms with Crippen LogP contribution >= 0.6 is 12.6 Å². The normalized spacial score (nSPS) is 45.4. The number of aliphatic hydroxyl groups is 3. The second kappa shape index (κ2) is 8.47. The van der Waals surface area contributed by atoms with E-state index in [1.165, 1.54) is 0 Å². The lowest BCUT2D eigenvalue weighted by Gasteiger charge is -2.59. The van der Waals surface area contributed by atoms with E-state index in [-0.39, 0.29) is 42.9 Å². The maximum atomic E-state index is 13.2. The molecule has 3 fully saturated rings. The molecule has 0 aromatic heterocycles. The zero-order valence-electron chi connectivity index (χ0n) is 19.6. The van der Waals surface area contributed by atoms with Crippen molar-refractivity contribution in [3.05, 3.63) is 11.6 Å². The minimum Gasteiger partial charge on any atom is -0.465 e. The summed E-state index contributed by atoms with van der Waals surface area (Å²) < 4.78 is 4.98. The van der Waals surface area contributed by atoms with Crippen LogP contribution in [0, 0.1) is 28.6 Å². The monoisotopic (exact) mass is 480 g/mol. The van der Waals surface area contributed by atoms with Crippen LogP contribution in [0.2, 0.25) is 0 Å². The molecule has 0 heterocycles. The molecule has 0 radical (unpaired) electrons. The lowest BCUT2D eigenvalue weighted by Crippen LogP contribution is -2.61. The van der Waals surface area contributed by atoms with E-state index in [9.17, 15) is 29.7 Å². The van der Waals surface area contributed by atoms with Crippen molar-refractivity contribution in [1.29, 1.82) is 0 Å². The van der Waals surface area contributed by atoms with Crippen LogP contribution in [-0.4, -0.2) is 62.5 Å². The number of ether oxygens (including phenoxy) is 1. The van der Waals surface area contributed by atoms with Crippen molar-refractivity contribution in [3.63, 3.8) is 0 Å². The Hall–Kier alpha value is -1.22. The first-order valence-electron chi connectivity index (χ1n) is 12.1. The number of esters is 1. The number of carbonyl (C=O) groups is 3. The number of hydrogen-bond donors (Lipinski definition) is 4. The molecule has 0 aromatic carbocycles. The summed E-state index contributed by atoms with van der Waals surface area (Å²) in [7, 11) is 0. The molecule has 2 unspecified atom stereocenters. The molecule has 7 nitrogen and oxygen atoms in total. The minimum absolute atomic E-state index is 0.0520. The first-order chi connectivity index (χ1) is 15.4. The van der Waals surface area contributed by atoms with Crippen molar-refractivity contribution in [1.82, 2.24) is 0 Å². The highest BCUT2D eigenvalue weighted by Crippen LogP contribution is 2.67. The van der Waals surface area contributed by atoms with Gasteiger partial charge in [-0.15, -0.1) is 0 Å². The number of ketones is 2. The summed E-state index contributed by atoms with van der Waals surface area (Å²) >= 11 is 4.26. The van der Waals surface area contributed by atoms with Gasteiger partial charge in [0.25, 0.3) is 0 Å². The minimum atomic E-state index is -1.29. The van der Waals surface area contributed by atoms with Crippen LogP contribution in [0.3, 0.4) is 0 Å². The summed E-state index contributed by atoms with van der Waals surface area (Å²) in [5.41, 5.74) is -1.90. The fourth-order valence-electron chi connectivity index (χ4n) is 7.54. The van der Waals surface area contributed by atoms with Crippen molar-refractivity contribution in [2.24, 2.45) is 28.6 Å². The van der Waals surface area contributed by atoms with E-state index < -0.39 is 45.8 Å². The van der Waals surface area contributed by atoms with Gasteiger partial charge >= 0.3 is 5.97 Å². The molecule has 0 aromatic rings. The fraction of sp³-hybridized carbons (Fsp3) is 0.800. The molecule has 0 aliphatic heterocycles. The number of fused-ring (bicyclic) bond motifs is 5. The number of thiol groups is 1. The highest BCUT2D eigenvalue weighted by atomic mass is 32.1. The molecule has 3 saturated carbocycles. The summed E-state index contributed by atoms with van der Waals surface area (Å²) in [6.45, 7) is 5.85. The second-order valence-corrected chi connectivity index (χ2v) is 11.7. The van der Waals surface area contributed by atoms with Crippen LogP contribution < -0.4 is 0 Å². The van der Waals surface area contributed by atoms with E-state index in [0.29, 0.717) is 37.7 Å². The third-order valence-corrected chi connectivity index (χ3v) is 9.85. The highest BCUT2D eigenvalue weighted by molar-refractivity contribution is 7.81. The second-order valence-electron chi connectivity index (χ2n) is 11.0. The Labute approximate surface area is 200 Å². The predicted octanol–water partition coefficient (Wildman–Crippen LogP) is 2.01. The standard InChI is InChI=1S/C25H36O7S/c1-4-32-22(30)21(33)11-18(27)14-6-8-25(31)15-9-17(26)16-10-19(28)20(29)12-23(16,2)13(15)5-7-24(14,25)3/h9,13-14,16,19-21,28-29,31,33H,4-8,10-12H2,1-3H3/t13?,14-,16+,19-,20+,21?,23-,24-,25-/m1/s1. The molecule has 0 amide bonds. The molecule has 4 aliphatic carbocycles. The van der Waals surface area contributed by atoms with Crippen LogP contribution in [0.25, 0.3) is 0 Å². The molecule has 4 rings (SSSR count). The number of carbonyl (C=O) groups excluding carboxylic acids is 3. The third kappa shape index (κ3) is 3.63. The summed E-state index contributed by atoms with van der Waals surface area (Å²) in [5.74, 6) is -1.65. The maximum absolute atomic E-state index is 13.2. The molecule has 3 N–H and O–H groups in total. The van der Waals surface area contributed by atoms with Crippen LogP contribution in [0.5, 0.6) is 0 Å². The van der Waals surface area contributed by atoms with Crippen molar-refractivity contribution < 1.29 is 34.4 Å². The molecule has 9 atom stereocenters. The Morgan fingerprint density at radius 3 is 2.55 bits per heavy atom. The molecular formula is C25H36O7S. The zero-order valence-corrected chi connectivity index (χ0v) is 20.5. The topological polar surface area (TPSA) is 121 Å². The summed E-state index contributed by atoms with van der Waals surface area (Å²) in [4.78, 5) is 38.4. The van der Waals surface area contributed by atoms with Gasteiger partial charge in [-0.05, 0) is 68.4 Å². The largest absolute Gasteiger partial charge is 0.465 e. The van der Waals surface area contributed by atoms with Gasteiger partial charge in [0.1, 0.15) is 11.0 Å². The third-order valence-electron chi connectivity index (χ3n) is 9.46. The SMILES string of the molecule is CCOC(=O)C(S)CC(=O)[C@H]1CC[C@@]2(O)C3=CC(=O)[C@@H]4C[C@@H](O)[C@@H](O)C[C@]4(C)C3CC[C@]12C. The van der Waals surface area contributed by atoms with E-state index in [2.05, 4.69) is 12.6 Å². The summed E-state index contributed by atoms with van der Waals surface area (Å²) in [6, 6.07) is 0. The van der Waals surface area contributed by atoms with Crippen LogP contribution in [0.1, 0.15) is 65.7 Å². The summed E-state index contributed by atoms with van der Waals surface area (Å²) in [5, 5.41) is 31.8. The Morgan fingerprint density at radius 2 is 1.88 bits per heavy atom. The van der Waals surface area contributed by atoms with Gasteiger partial charge in [-0.2, -0.15) is 12.6 Å². The molecule has 0 saturated heterocycles. The number of allylic oxidation sites excluding steroid dienone is 1. The van der Waals surface area contributed by atoms with E-state index in [4.69, 9.17) is 4.74 Å². The van der Waals surface area contributed by atoms with Crippen molar-refractivity contribution in [2.75, 3.05) is 6.61 Å². The van der Waals surface area contributed by atoms with Gasteiger partial charge in [-0.3, -0.25) is 14.4 Å². The number of hydrogen-bond acceptors (Lipinski definition) is 8. The van der Waals surface area contributed by atoms with Crippen LogP contribution in [0.15, 0.2) is 11.6 Å². The van der Waals surface area contributed by atoms with E-state index in [0.717, 1.165) is 0 Å². The van der Waals surface area contributed by atoms with Gasteiger partial charge in [0.05, 0.1) is 24.4 Å². The van der Waals surface area contributed by atoms with Gasteiger partial charge in [-0.25, -0.2) is 0 Å². The molecule has 33 heavy (non-hydrogen) atoms. The molecular weight excluding hydrogens is 444 g/mol. The number of Topliss-reactive ketones (excluding diaryl/α,β-unsaturated/α-hetero) is 1. The average Bonchev–Trinajstić information content (AvgIpc) is 3.02. The Morgan fingerprint density at radius 1 is 1.18 bits per heavy atom. The van der Waals surface area contributed by atoms with Crippen molar-refractivity contribution in [3.8, 4) is 0 Å². The fourth-order valence-corrected chi connectivity index (χ4v) is 7.80. The van der Waals surface area contributed by atoms with E-state index in [1.54, 1.807) is 13.0 Å². The first-order valence-corrected chi connectivity index (χ1v) is 12.6. The van der Waals surface area contributed by atoms with Crippen molar-refractivity contribution >= 4 is 30.2 Å². The first kappa shape index (κ1) is 24.9. The van der Waals surface area contributed by atoms with Gasteiger partial charge in [0.2, 0.25) is 0 Å². The molecule has 184 valence electrons. The molecule has 0 bridgehead atoms. The van der Waals surface area contributed by atoms with Gasteiger partial charge in [0.15, 0.2) is 5.78 Å². The summed E-state index contributed by atoms with van der Waals surface area (Å²) in [6.07, 6.45) is 2.40.